The number of pyridine rings is 1. The van der Waals surface area contributed by atoms with Crippen LogP contribution in [0.2, 0.25) is 0 Å². The molecule has 5 heteroatoms. The van der Waals surface area contributed by atoms with Gasteiger partial charge in [-0.05, 0) is 18.6 Å². The molecule has 1 atom stereocenters. The Morgan fingerprint density at radius 3 is 3.18 bits per heavy atom. The van der Waals surface area contributed by atoms with Crippen LogP contribution in [0.15, 0.2) is 29.0 Å². The van der Waals surface area contributed by atoms with Gasteiger partial charge in [-0.2, -0.15) is 0 Å². The summed E-state index contributed by atoms with van der Waals surface area (Å²) in [6, 6.07) is 3.63. The molecule has 90 valence electrons. The van der Waals surface area contributed by atoms with Gasteiger partial charge in [-0.15, -0.1) is 0 Å². The number of hydrogen-bond acceptors (Lipinski definition) is 4. The van der Waals surface area contributed by atoms with Crippen molar-refractivity contribution >= 4 is 22.8 Å². The van der Waals surface area contributed by atoms with E-state index in [1.54, 1.807) is 25.5 Å². The Balaban J connectivity index is 1.99. The topological polar surface area (TPSA) is 75.4 Å². The van der Waals surface area contributed by atoms with Crippen molar-refractivity contribution < 1.29 is 14.3 Å². The monoisotopic (exact) mass is 234 g/mol. The van der Waals surface area contributed by atoms with E-state index in [0.29, 0.717) is 13.0 Å². The predicted octanol–water partition coefficient (Wildman–Crippen LogP) is 2.35. The predicted molar refractivity (Wildman–Crippen MR) is 63.9 cm³/mol. The lowest BCUT2D eigenvalue weighted by Gasteiger charge is -2.08. The lowest BCUT2D eigenvalue weighted by molar-refractivity contribution is -0.141. The fraction of sp³-hybridized carbons (Fsp3) is 0.333. The van der Waals surface area contributed by atoms with Crippen molar-refractivity contribution in [1.29, 1.82) is 0 Å². The summed E-state index contributed by atoms with van der Waals surface area (Å²) in [5.41, 5.74) is 0.772. The first kappa shape index (κ1) is 11.4. The molecule has 0 spiro atoms. The largest absolute Gasteiger partial charge is 0.481 e. The van der Waals surface area contributed by atoms with Gasteiger partial charge in [0.05, 0.1) is 17.6 Å². The van der Waals surface area contributed by atoms with Gasteiger partial charge in [-0.25, -0.2) is 4.98 Å². The van der Waals surface area contributed by atoms with Crippen LogP contribution >= 0.6 is 0 Å². The number of fused-ring (bicyclic) bond motifs is 1. The molecule has 0 saturated heterocycles. The molecule has 1 unspecified atom stereocenters. The summed E-state index contributed by atoms with van der Waals surface area (Å²) in [4.78, 5) is 14.9. The summed E-state index contributed by atoms with van der Waals surface area (Å²) < 4.78 is 5.25. The van der Waals surface area contributed by atoms with E-state index in [2.05, 4.69) is 10.3 Å². The minimum atomic E-state index is -0.777. The lowest BCUT2D eigenvalue weighted by atomic mass is 10.1. The first-order valence-electron chi connectivity index (χ1n) is 5.47. The summed E-state index contributed by atoms with van der Waals surface area (Å²) >= 11 is 0. The Bertz CT molecular complexity index is 521. The van der Waals surface area contributed by atoms with Crippen LogP contribution in [0.25, 0.3) is 11.0 Å². The zero-order chi connectivity index (χ0) is 12.3. The van der Waals surface area contributed by atoms with Crippen molar-refractivity contribution in [3.05, 3.63) is 24.6 Å². The van der Waals surface area contributed by atoms with Crippen molar-refractivity contribution in [1.82, 2.24) is 4.98 Å². The van der Waals surface area contributed by atoms with Crippen LogP contribution in [0.4, 0.5) is 5.82 Å². The average molecular weight is 234 g/mol. The number of carboxylic acid groups (broad SMARTS) is 1. The van der Waals surface area contributed by atoms with Gasteiger partial charge in [-0.3, -0.25) is 4.79 Å². The van der Waals surface area contributed by atoms with E-state index < -0.39 is 5.97 Å². The highest BCUT2D eigenvalue weighted by atomic mass is 16.4. The number of nitrogens with zero attached hydrogens (tertiary/aromatic N) is 1. The number of carbonyl (C=O) groups is 1. The first-order chi connectivity index (χ1) is 8.18. The SMILES string of the molecule is CC(CCNc1nccc2occc12)C(=O)O. The van der Waals surface area contributed by atoms with Gasteiger partial charge in [0, 0.05) is 12.7 Å². The Kier molecular flexibility index (Phi) is 3.27. The Morgan fingerprint density at radius 1 is 1.59 bits per heavy atom. The quantitative estimate of drug-likeness (QED) is 0.830. The summed E-state index contributed by atoms with van der Waals surface area (Å²) in [5, 5.41) is 12.8. The van der Waals surface area contributed by atoms with Gasteiger partial charge < -0.3 is 14.8 Å². The Morgan fingerprint density at radius 2 is 2.41 bits per heavy atom. The maximum atomic E-state index is 10.7. The molecule has 2 rings (SSSR count). The molecule has 5 nitrogen and oxygen atoms in total. The Labute approximate surface area is 98.5 Å². The van der Waals surface area contributed by atoms with E-state index in [1.165, 1.54) is 0 Å². The molecule has 0 aromatic carbocycles. The van der Waals surface area contributed by atoms with Crippen molar-refractivity contribution in [2.24, 2.45) is 5.92 Å². The van der Waals surface area contributed by atoms with Gasteiger partial charge in [0.2, 0.25) is 0 Å². The molecule has 2 aromatic rings. The summed E-state index contributed by atoms with van der Waals surface area (Å²) in [6.45, 7) is 2.26. The van der Waals surface area contributed by atoms with Crippen LogP contribution in [0.5, 0.6) is 0 Å². The number of anilines is 1. The van der Waals surface area contributed by atoms with E-state index >= 15 is 0 Å². The molecule has 2 heterocycles. The van der Waals surface area contributed by atoms with E-state index in [9.17, 15) is 4.79 Å². The third kappa shape index (κ3) is 2.55. The molecule has 2 N–H and O–H groups in total. The third-order valence-electron chi connectivity index (χ3n) is 2.67. The molecule has 2 aromatic heterocycles. The van der Waals surface area contributed by atoms with Crippen LogP contribution in [-0.4, -0.2) is 22.6 Å². The number of hydrogen-bond donors (Lipinski definition) is 2. The number of aromatic nitrogens is 1. The highest BCUT2D eigenvalue weighted by Gasteiger charge is 2.10. The van der Waals surface area contributed by atoms with Crippen LogP contribution in [-0.2, 0) is 4.79 Å². The van der Waals surface area contributed by atoms with Crippen LogP contribution in [0, 0.1) is 5.92 Å². The fourth-order valence-corrected chi connectivity index (χ4v) is 1.57. The molecule has 0 aliphatic heterocycles. The van der Waals surface area contributed by atoms with Crippen LogP contribution in [0.3, 0.4) is 0 Å². The second-order valence-electron chi connectivity index (χ2n) is 3.95. The standard InChI is InChI=1S/C12H14N2O3/c1-8(12(15)16)2-5-13-11-9-4-7-17-10(9)3-6-14-11/h3-4,6-8H,2,5H2,1H3,(H,13,14)(H,15,16). The normalized spacial score (nSPS) is 12.5. The van der Waals surface area contributed by atoms with E-state index in [4.69, 9.17) is 9.52 Å². The molecule has 17 heavy (non-hydrogen) atoms. The average Bonchev–Trinajstić information content (AvgIpc) is 2.77. The number of carboxylic acids is 1. The molecular weight excluding hydrogens is 220 g/mol. The van der Waals surface area contributed by atoms with Crippen molar-refractivity contribution in [3.8, 4) is 0 Å². The van der Waals surface area contributed by atoms with Crippen molar-refractivity contribution in [3.63, 3.8) is 0 Å². The molecule has 0 radical (unpaired) electrons. The second-order valence-corrected chi connectivity index (χ2v) is 3.95. The Hall–Kier alpha value is -2.04. The maximum Gasteiger partial charge on any atom is 0.306 e. The summed E-state index contributed by atoms with van der Waals surface area (Å²) in [7, 11) is 0. The number of aliphatic carboxylic acids is 1. The summed E-state index contributed by atoms with van der Waals surface area (Å²) in [5.74, 6) is -0.402. The first-order valence-corrected chi connectivity index (χ1v) is 5.47. The van der Waals surface area contributed by atoms with Gasteiger partial charge in [0.1, 0.15) is 11.4 Å². The van der Waals surface area contributed by atoms with E-state index in [0.717, 1.165) is 16.8 Å². The molecule has 0 aliphatic carbocycles. The third-order valence-corrected chi connectivity index (χ3v) is 2.67. The highest BCUT2D eigenvalue weighted by Crippen LogP contribution is 2.21. The number of furan rings is 1. The van der Waals surface area contributed by atoms with Crippen LogP contribution < -0.4 is 5.32 Å². The van der Waals surface area contributed by atoms with Gasteiger partial charge in [-0.1, -0.05) is 6.92 Å². The molecule has 0 aliphatic rings. The zero-order valence-corrected chi connectivity index (χ0v) is 9.51. The lowest BCUT2D eigenvalue weighted by Crippen LogP contribution is -2.14. The molecule has 0 bridgehead atoms. The molecule has 0 fully saturated rings. The van der Waals surface area contributed by atoms with Crippen molar-refractivity contribution in [2.45, 2.75) is 13.3 Å². The summed E-state index contributed by atoms with van der Waals surface area (Å²) in [6.07, 6.45) is 3.83. The maximum absolute atomic E-state index is 10.7. The minimum Gasteiger partial charge on any atom is -0.481 e. The van der Waals surface area contributed by atoms with E-state index in [-0.39, 0.29) is 5.92 Å². The fourth-order valence-electron chi connectivity index (χ4n) is 1.57. The highest BCUT2D eigenvalue weighted by molar-refractivity contribution is 5.87. The van der Waals surface area contributed by atoms with Crippen LogP contribution in [0.1, 0.15) is 13.3 Å². The van der Waals surface area contributed by atoms with Gasteiger partial charge in [0.25, 0.3) is 0 Å². The molecular formula is C12H14N2O3. The van der Waals surface area contributed by atoms with E-state index in [1.807, 2.05) is 6.07 Å². The van der Waals surface area contributed by atoms with Crippen molar-refractivity contribution in [2.75, 3.05) is 11.9 Å². The second kappa shape index (κ2) is 4.86. The smallest absolute Gasteiger partial charge is 0.306 e. The molecule has 0 amide bonds. The van der Waals surface area contributed by atoms with Gasteiger partial charge in [0.15, 0.2) is 0 Å². The number of nitrogens with one attached hydrogen (secondary N) is 1. The minimum absolute atomic E-state index is 0.356. The molecule has 0 saturated carbocycles. The van der Waals surface area contributed by atoms with Gasteiger partial charge >= 0.3 is 5.97 Å². The zero-order valence-electron chi connectivity index (χ0n) is 9.51. The number of rotatable bonds is 5.